The fourth-order valence-electron chi connectivity index (χ4n) is 8.70. The lowest BCUT2D eigenvalue weighted by Crippen LogP contribution is -2.54. The quantitative estimate of drug-likeness (QED) is 0.184. The van der Waals surface area contributed by atoms with Gasteiger partial charge < -0.3 is 29.3 Å². The van der Waals surface area contributed by atoms with Gasteiger partial charge in [-0.3, -0.25) is 9.59 Å². The Morgan fingerprint density at radius 3 is 2.22 bits per heavy atom. The number of carbonyl (C=O) groups excluding carboxylic acids is 2. The zero-order valence-corrected chi connectivity index (χ0v) is 34.7. The summed E-state index contributed by atoms with van der Waals surface area (Å²) in [6.45, 7) is 5.43. The lowest BCUT2D eigenvalue weighted by Gasteiger charge is -2.46. The van der Waals surface area contributed by atoms with Gasteiger partial charge in [0.2, 0.25) is 5.91 Å². The standard InChI is InChI=1S/C43H49Cl2F6N3O5/c1-39(2,57)11-6-15-52(3)37(55)26-58-36-23-28-7-4-5-8-33(28)40(36)12-16-53(17-13-40)18-14-41(30-9-10-34(44)35(45)25-30)27-54(19-20-59-41)38(56)29-21-31(42(46,47)48)24-32(22-29)43(49,50)51/h4-5,7-10,21-22,24-25,36,57H,6,11-20,23,26-27H2,1-3H3/t36-,41+/m0/s1. The molecule has 1 N–H and O–H groups in total. The van der Waals surface area contributed by atoms with Crippen LogP contribution in [-0.4, -0.2) is 103 Å². The molecule has 6 rings (SSSR count). The monoisotopic (exact) mass is 871 g/mol. The number of amides is 2. The summed E-state index contributed by atoms with van der Waals surface area (Å²) in [5.41, 5.74) is -3.30. The molecular formula is C43H49Cl2F6N3O5. The molecule has 2 fully saturated rings. The van der Waals surface area contributed by atoms with Crippen LogP contribution in [0.5, 0.6) is 0 Å². The molecule has 322 valence electrons. The number of hydrogen-bond donors (Lipinski definition) is 1. The Labute approximate surface area is 350 Å². The van der Waals surface area contributed by atoms with Crippen molar-refractivity contribution in [1.82, 2.24) is 14.7 Å². The summed E-state index contributed by atoms with van der Waals surface area (Å²) in [4.78, 5) is 32.1. The average Bonchev–Trinajstić information content (AvgIpc) is 3.48. The zero-order valence-electron chi connectivity index (χ0n) is 33.2. The first-order valence-electron chi connectivity index (χ1n) is 19.7. The second-order valence-corrected chi connectivity index (χ2v) is 17.4. The highest BCUT2D eigenvalue weighted by Crippen LogP contribution is 2.48. The number of likely N-dealkylation sites (tertiary alicyclic amines) is 1. The Hall–Kier alpha value is -3.40. The van der Waals surface area contributed by atoms with E-state index in [1.165, 1.54) is 16.0 Å². The molecule has 16 heteroatoms. The Balaban J connectivity index is 1.18. The molecule has 0 unspecified atom stereocenters. The summed E-state index contributed by atoms with van der Waals surface area (Å²) in [6.07, 6.45) is -6.80. The van der Waals surface area contributed by atoms with Crippen molar-refractivity contribution in [2.45, 2.75) is 87.4 Å². The third-order valence-electron chi connectivity index (χ3n) is 12.0. The minimum atomic E-state index is -5.11. The SMILES string of the molecule is CN(CCCC(C)(C)O)C(=O)CO[C@H]1Cc2ccccc2C12CCN(CC[C@]1(c3ccc(Cl)c(Cl)c3)CN(C(=O)c3cc(C(F)(F)F)cc(C(F)(F)F)c3)CCO1)CC2. The average molecular weight is 873 g/mol. The van der Waals surface area contributed by atoms with Gasteiger partial charge in [0, 0.05) is 37.7 Å². The van der Waals surface area contributed by atoms with E-state index in [4.69, 9.17) is 32.7 Å². The van der Waals surface area contributed by atoms with E-state index in [-0.39, 0.29) is 59.8 Å². The van der Waals surface area contributed by atoms with E-state index in [1.807, 2.05) is 12.1 Å². The third-order valence-corrected chi connectivity index (χ3v) is 12.8. The second-order valence-electron chi connectivity index (χ2n) is 16.6. The Kier molecular flexibility index (Phi) is 13.4. The number of carbonyl (C=O) groups is 2. The molecule has 2 amide bonds. The number of aliphatic hydroxyl groups is 1. The lowest BCUT2D eigenvalue weighted by molar-refractivity contribution is -0.143. The molecule has 2 heterocycles. The molecule has 3 aromatic carbocycles. The highest BCUT2D eigenvalue weighted by atomic mass is 35.5. The van der Waals surface area contributed by atoms with Crippen molar-refractivity contribution in [1.29, 1.82) is 0 Å². The number of hydrogen-bond acceptors (Lipinski definition) is 6. The van der Waals surface area contributed by atoms with Crippen LogP contribution in [0.3, 0.4) is 0 Å². The van der Waals surface area contributed by atoms with E-state index in [9.17, 15) is 41.0 Å². The maximum atomic E-state index is 13.8. The zero-order chi connectivity index (χ0) is 43.0. The van der Waals surface area contributed by atoms with Crippen molar-refractivity contribution >= 4 is 35.0 Å². The van der Waals surface area contributed by atoms with Gasteiger partial charge in [0.15, 0.2) is 0 Å². The van der Waals surface area contributed by atoms with Crippen molar-refractivity contribution in [2.24, 2.45) is 0 Å². The molecule has 0 saturated carbocycles. The molecular weight excluding hydrogens is 823 g/mol. The van der Waals surface area contributed by atoms with Gasteiger partial charge in [-0.25, -0.2) is 0 Å². The molecule has 1 spiro atoms. The van der Waals surface area contributed by atoms with E-state index in [0.29, 0.717) is 69.6 Å². The molecule has 59 heavy (non-hydrogen) atoms. The first kappa shape index (κ1) is 45.1. The first-order chi connectivity index (χ1) is 27.6. The van der Waals surface area contributed by atoms with Crippen LogP contribution in [0.2, 0.25) is 10.0 Å². The van der Waals surface area contributed by atoms with E-state index >= 15 is 0 Å². The second kappa shape index (κ2) is 17.5. The Morgan fingerprint density at radius 2 is 1.59 bits per heavy atom. The number of nitrogens with zero attached hydrogens (tertiary/aromatic N) is 3. The van der Waals surface area contributed by atoms with Gasteiger partial charge in [-0.05, 0) is 112 Å². The molecule has 0 radical (unpaired) electrons. The van der Waals surface area contributed by atoms with Crippen LogP contribution >= 0.6 is 23.2 Å². The van der Waals surface area contributed by atoms with E-state index < -0.39 is 46.2 Å². The van der Waals surface area contributed by atoms with Gasteiger partial charge in [-0.15, -0.1) is 0 Å². The maximum Gasteiger partial charge on any atom is 0.416 e. The number of alkyl halides is 6. The van der Waals surface area contributed by atoms with Crippen molar-refractivity contribution in [2.75, 3.05) is 59.5 Å². The molecule has 8 nitrogen and oxygen atoms in total. The topological polar surface area (TPSA) is 82.5 Å². The largest absolute Gasteiger partial charge is 0.416 e. The highest BCUT2D eigenvalue weighted by Gasteiger charge is 2.50. The number of morpholine rings is 1. The van der Waals surface area contributed by atoms with E-state index in [0.717, 1.165) is 12.8 Å². The molecule has 1 aliphatic carbocycles. The lowest BCUT2D eigenvalue weighted by atomic mass is 9.72. The minimum absolute atomic E-state index is 0.00144. The fourth-order valence-corrected chi connectivity index (χ4v) is 9.00. The van der Waals surface area contributed by atoms with Gasteiger partial charge in [-0.2, -0.15) is 26.3 Å². The van der Waals surface area contributed by atoms with Crippen LogP contribution in [0.15, 0.2) is 60.7 Å². The summed E-state index contributed by atoms with van der Waals surface area (Å²) < 4.78 is 95.2. The summed E-state index contributed by atoms with van der Waals surface area (Å²) in [7, 11) is 1.73. The van der Waals surface area contributed by atoms with Gasteiger partial charge in [0.25, 0.3) is 5.91 Å². The third kappa shape index (κ3) is 10.4. The van der Waals surface area contributed by atoms with Crippen molar-refractivity contribution in [3.63, 3.8) is 0 Å². The van der Waals surface area contributed by atoms with Crippen LogP contribution in [0, 0.1) is 0 Å². The van der Waals surface area contributed by atoms with Crippen LogP contribution in [-0.2, 0) is 44.1 Å². The molecule has 0 bridgehead atoms. The van der Waals surface area contributed by atoms with Crippen LogP contribution in [0.1, 0.15) is 84.1 Å². The number of benzene rings is 3. The number of halogens is 8. The number of fused-ring (bicyclic) bond motifs is 2. The fraction of sp³-hybridized carbons (Fsp3) is 0.535. The number of rotatable bonds is 12. The summed E-state index contributed by atoms with van der Waals surface area (Å²) in [5, 5.41) is 10.5. The minimum Gasteiger partial charge on any atom is -0.390 e. The molecule has 2 atom stereocenters. The van der Waals surface area contributed by atoms with Crippen molar-refractivity contribution in [3.8, 4) is 0 Å². The summed E-state index contributed by atoms with van der Waals surface area (Å²) in [5.74, 6) is -1.12. The van der Waals surface area contributed by atoms with E-state index in [2.05, 4.69) is 17.0 Å². The predicted molar refractivity (Wildman–Crippen MR) is 211 cm³/mol. The van der Waals surface area contributed by atoms with Gasteiger partial charge >= 0.3 is 12.4 Å². The number of ether oxygens (including phenoxy) is 2. The smallest absolute Gasteiger partial charge is 0.390 e. The molecule has 2 aliphatic heterocycles. The summed E-state index contributed by atoms with van der Waals surface area (Å²) in [6, 6.07) is 14.0. The molecule has 0 aromatic heterocycles. The van der Waals surface area contributed by atoms with Crippen LogP contribution in [0.25, 0.3) is 0 Å². The normalized spacial score (nSPS) is 21.2. The Bertz CT molecular complexity index is 1970. The number of piperidine rings is 1. The van der Waals surface area contributed by atoms with Crippen molar-refractivity contribution in [3.05, 3.63) is 104 Å². The van der Waals surface area contributed by atoms with Crippen molar-refractivity contribution < 1.29 is 50.5 Å². The molecule has 3 aromatic rings. The van der Waals surface area contributed by atoms with Gasteiger partial charge in [-0.1, -0.05) is 53.5 Å². The number of likely N-dealkylation sites (N-methyl/N-ethyl adjacent to an activating group) is 1. The maximum absolute atomic E-state index is 13.8. The van der Waals surface area contributed by atoms with Gasteiger partial charge in [0.05, 0.1) is 46.0 Å². The molecule has 2 saturated heterocycles. The van der Waals surface area contributed by atoms with E-state index in [1.54, 1.807) is 44.0 Å². The predicted octanol–water partition coefficient (Wildman–Crippen LogP) is 8.77. The Morgan fingerprint density at radius 1 is 0.932 bits per heavy atom. The highest BCUT2D eigenvalue weighted by molar-refractivity contribution is 6.42. The first-order valence-corrected chi connectivity index (χ1v) is 20.4. The van der Waals surface area contributed by atoms with Gasteiger partial charge in [0.1, 0.15) is 12.2 Å². The summed E-state index contributed by atoms with van der Waals surface area (Å²) >= 11 is 12.7. The molecule has 3 aliphatic rings. The van der Waals surface area contributed by atoms with Crippen LogP contribution < -0.4 is 0 Å². The van der Waals surface area contributed by atoms with Crippen LogP contribution in [0.4, 0.5) is 26.3 Å².